The number of ether oxygens (including phenoxy) is 1. The molecule has 102 valence electrons. The zero-order valence-electron chi connectivity index (χ0n) is 11.2. The number of nitrogens with zero attached hydrogens (tertiary/aromatic N) is 4. The van der Waals surface area contributed by atoms with E-state index in [1.165, 1.54) is 7.11 Å². The molecule has 0 aliphatic heterocycles. The Kier molecular flexibility index (Phi) is 4.06. The van der Waals surface area contributed by atoms with Gasteiger partial charge in [-0.25, -0.2) is 0 Å². The minimum absolute atomic E-state index is 0.266. The highest BCUT2D eigenvalue weighted by atomic mass is 16.5. The van der Waals surface area contributed by atoms with E-state index in [2.05, 4.69) is 27.3 Å². The third kappa shape index (κ3) is 2.87. The molecule has 7 nitrogen and oxygen atoms in total. The lowest BCUT2D eigenvalue weighted by Gasteiger charge is -2.12. The van der Waals surface area contributed by atoms with Gasteiger partial charge in [-0.3, -0.25) is 0 Å². The molecule has 0 bridgehead atoms. The Bertz CT molecular complexity index is 525. The normalized spacial score (nSPS) is 14.1. The molecule has 0 saturated heterocycles. The zero-order chi connectivity index (χ0) is 13.8. The van der Waals surface area contributed by atoms with Gasteiger partial charge in [0, 0.05) is 6.07 Å². The number of rotatable bonds is 5. The van der Waals surface area contributed by atoms with E-state index in [0.717, 1.165) is 6.42 Å². The van der Waals surface area contributed by atoms with Crippen LogP contribution in [0.2, 0.25) is 0 Å². The van der Waals surface area contributed by atoms with Crippen LogP contribution in [0.4, 0.5) is 0 Å². The number of hydrogen-bond acceptors (Lipinski definition) is 7. The molecule has 0 fully saturated rings. The topological polar surface area (TPSA) is 100.0 Å². The molecule has 0 amide bonds. The van der Waals surface area contributed by atoms with Crippen molar-refractivity contribution in [2.75, 3.05) is 7.11 Å². The summed E-state index contributed by atoms with van der Waals surface area (Å²) in [5, 5.41) is 11.7. The summed E-state index contributed by atoms with van der Waals surface area (Å²) in [6.07, 6.45) is 0.946. The largest absolute Gasteiger partial charge is 0.480 e. The van der Waals surface area contributed by atoms with Crippen LogP contribution in [0.1, 0.15) is 32.2 Å². The molecule has 0 aromatic carbocycles. The highest BCUT2D eigenvalue weighted by Crippen LogP contribution is 2.22. The first-order valence-electron chi connectivity index (χ1n) is 6.13. The predicted octanol–water partition coefficient (Wildman–Crippen LogP) is 1.58. The number of aromatic nitrogens is 4. The van der Waals surface area contributed by atoms with Gasteiger partial charge in [-0.2, -0.15) is 4.98 Å². The molecule has 1 unspecified atom stereocenters. The number of nitrogens with two attached hydrogens (primary N) is 1. The first kappa shape index (κ1) is 13.4. The quantitative estimate of drug-likeness (QED) is 0.873. The Hall–Kier alpha value is -2.02. The Balaban J connectivity index is 2.20. The van der Waals surface area contributed by atoms with E-state index in [1.807, 2.05) is 6.92 Å². The molecule has 2 aromatic heterocycles. The van der Waals surface area contributed by atoms with Crippen molar-refractivity contribution in [1.29, 1.82) is 0 Å². The Labute approximate surface area is 111 Å². The second-order valence-corrected chi connectivity index (χ2v) is 4.33. The summed E-state index contributed by atoms with van der Waals surface area (Å²) in [7, 11) is 1.53. The van der Waals surface area contributed by atoms with E-state index >= 15 is 0 Å². The van der Waals surface area contributed by atoms with Crippen LogP contribution in [0.5, 0.6) is 5.88 Å². The summed E-state index contributed by atoms with van der Waals surface area (Å²) in [6, 6.07) is 3.14. The molecule has 0 aliphatic rings. The van der Waals surface area contributed by atoms with E-state index < -0.39 is 0 Å². The van der Waals surface area contributed by atoms with Gasteiger partial charge in [0.2, 0.25) is 17.6 Å². The van der Waals surface area contributed by atoms with Gasteiger partial charge in [0.25, 0.3) is 0 Å². The molecule has 0 spiro atoms. The summed E-state index contributed by atoms with van der Waals surface area (Å²) in [5.41, 5.74) is 6.55. The van der Waals surface area contributed by atoms with Crippen LogP contribution < -0.4 is 10.5 Å². The predicted molar refractivity (Wildman–Crippen MR) is 68.3 cm³/mol. The fraction of sp³-hybridized carbons (Fsp3) is 0.500. The van der Waals surface area contributed by atoms with Crippen molar-refractivity contribution in [2.45, 2.75) is 26.3 Å². The molecule has 2 rings (SSSR count). The molecule has 0 radical (unpaired) electrons. The SMILES string of the molecule is CCC(C)[C@H](N)c1nc(-c2ccc(OC)nn2)no1. The van der Waals surface area contributed by atoms with Gasteiger partial charge in [0.1, 0.15) is 5.69 Å². The van der Waals surface area contributed by atoms with E-state index in [-0.39, 0.29) is 12.0 Å². The molecule has 0 aliphatic carbocycles. The van der Waals surface area contributed by atoms with E-state index in [4.69, 9.17) is 15.0 Å². The lowest BCUT2D eigenvalue weighted by Crippen LogP contribution is -2.18. The second kappa shape index (κ2) is 5.75. The van der Waals surface area contributed by atoms with Crippen molar-refractivity contribution < 1.29 is 9.26 Å². The summed E-state index contributed by atoms with van der Waals surface area (Å²) in [4.78, 5) is 4.26. The molecule has 2 N–H and O–H groups in total. The summed E-state index contributed by atoms with van der Waals surface area (Å²) in [6.45, 7) is 4.11. The third-order valence-corrected chi connectivity index (χ3v) is 3.06. The monoisotopic (exact) mass is 263 g/mol. The van der Waals surface area contributed by atoms with Crippen molar-refractivity contribution in [3.05, 3.63) is 18.0 Å². The van der Waals surface area contributed by atoms with Gasteiger partial charge in [0.15, 0.2) is 0 Å². The zero-order valence-corrected chi connectivity index (χ0v) is 11.2. The Morgan fingerprint density at radius 3 is 2.74 bits per heavy atom. The van der Waals surface area contributed by atoms with Crippen molar-refractivity contribution >= 4 is 0 Å². The van der Waals surface area contributed by atoms with Crippen LogP contribution >= 0.6 is 0 Å². The smallest absolute Gasteiger partial charge is 0.244 e. The molecule has 2 aromatic rings. The maximum absolute atomic E-state index is 6.03. The molecular formula is C12H17N5O2. The van der Waals surface area contributed by atoms with E-state index in [0.29, 0.717) is 23.3 Å². The summed E-state index contributed by atoms with van der Waals surface area (Å²) in [5.74, 6) is 1.50. The standard InChI is InChI=1S/C12H17N5O2/c1-4-7(2)10(13)12-14-11(17-19-12)8-5-6-9(18-3)16-15-8/h5-7,10H,4,13H2,1-3H3/t7?,10-/m0/s1. The van der Waals surface area contributed by atoms with Crippen LogP contribution in [0.25, 0.3) is 11.5 Å². The number of methoxy groups -OCH3 is 1. The lowest BCUT2D eigenvalue weighted by atomic mass is 10.0. The lowest BCUT2D eigenvalue weighted by molar-refractivity contribution is 0.312. The van der Waals surface area contributed by atoms with Crippen molar-refractivity contribution in [2.24, 2.45) is 11.7 Å². The van der Waals surface area contributed by atoms with Gasteiger partial charge in [-0.15, -0.1) is 10.2 Å². The molecule has 7 heteroatoms. The van der Waals surface area contributed by atoms with Gasteiger partial charge in [-0.1, -0.05) is 25.4 Å². The highest BCUT2D eigenvalue weighted by molar-refractivity contribution is 5.47. The maximum atomic E-state index is 6.03. The van der Waals surface area contributed by atoms with Crippen LogP contribution in [0, 0.1) is 5.92 Å². The first-order valence-corrected chi connectivity index (χ1v) is 6.13. The van der Waals surface area contributed by atoms with Crippen LogP contribution in [0.3, 0.4) is 0 Å². The van der Waals surface area contributed by atoms with Crippen LogP contribution in [0.15, 0.2) is 16.7 Å². The third-order valence-electron chi connectivity index (χ3n) is 3.06. The van der Waals surface area contributed by atoms with Gasteiger partial charge in [0.05, 0.1) is 13.2 Å². The fourth-order valence-corrected chi connectivity index (χ4v) is 1.52. The number of hydrogen-bond donors (Lipinski definition) is 1. The molecule has 19 heavy (non-hydrogen) atoms. The fourth-order valence-electron chi connectivity index (χ4n) is 1.52. The van der Waals surface area contributed by atoms with Crippen LogP contribution in [-0.2, 0) is 0 Å². The van der Waals surface area contributed by atoms with E-state index in [9.17, 15) is 0 Å². The van der Waals surface area contributed by atoms with Gasteiger partial charge >= 0.3 is 0 Å². The average molecular weight is 263 g/mol. The van der Waals surface area contributed by atoms with Crippen molar-refractivity contribution in [3.63, 3.8) is 0 Å². The highest BCUT2D eigenvalue weighted by Gasteiger charge is 2.21. The minimum atomic E-state index is -0.266. The molecular weight excluding hydrogens is 246 g/mol. The summed E-state index contributed by atoms with van der Waals surface area (Å²) < 4.78 is 10.1. The Morgan fingerprint density at radius 1 is 1.37 bits per heavy atom. The second-order valence-electron chi connectivity index (χ2n) is 4.33. The first-order chi connectivity index (χ1) is 9.15. The van der Waals surface area contributed by atoms with Crippen molar-refractivity contribution in [1.82, 2.24) is 20.3 Å². The van der Waals surface area contributed by atoms with Crippen molar-refractivity contribution in [3.8, 4) is 17.4 Å². The Morgan fingerprint density at radius 2 is 2.16 bits per heavy atom. The van der Waals surface area contributed by atoms with Crippen LogP contribution in [-0.4, -0.2) is 27.4 Å². The minimum Gasteiger partial charge on any atom is -0.480 e. The molecule has 2 atom stereocenters. The van der Waals surface area contributed by atoms with E-state index in [1.54, 1.807) is 12.1 Å². The summed E-state index contributed by atoms with van der Waals surface area (Å²) >= 11 is 0. The van der Waals surface area contributed by atoms with Gasteiger partial charge in [-0.05, 0) is 12.0 Å². The molecule has 0 saturated carbocycles. The molecule has 2 heterocycles. The van der Waals surface area contributed by atoms with Gasteiger partial charge < -0.3 is 15.0 Å². The average Bonchev–Trinajstić information content (AvgIpc) is 2.95. The maximum Gasteiger partial charge on any atom is 0.244 e.